The maximum Gasteiger partial charge on any atom is 0.140 e. The molecule has 0 amide bonds. The molecule has 0 unspecified atom stereocenters. The predicted octanol–water partition coefficient (Wildman–Crippen LogP) is 5.43. The lowest BCUT2D eigenvalue weighted by Gasteiger charge is -1.97. The number of benzene rings is 2. The summed E-state index contributed by atoms with van der Waals surface area (Å²) in [6, 6.07) is 12.8. The van der Waals surface area contributed by atoms with Gasteiger partial charge in [0.1, 0.15) is 5.82 Å². The van der Waals surface area contributed by atoms with Gasteiger partial charge in [-0.25, -0.2) is 4.39 Å². The minimum Gasteiger partial charge on any atom is -0.378 e. The van der Waals surface area contributed by atoms with Crippen LogP contribution in [0.15, 0.2) is 48.5 Å². The van der Waals surface area contributed by atoms with E-state index in [1.165, 1.54) is 6.07 Å². The fourth-order valence-electron chi connectivity index (χ4n) is 2.17. The molecule has 2 heteroatoms. The van der Waals surface area contributed by atoms with Crippen LogP contribution in [0, 0.1) is 29.5 Å². The van der Waals surface area contributed by atoms with Crippen LogP contribution in [-0.2, 0) is 4.74 Å². The molecule has 0 fully saturated rings. The monoisotopic (exact) mass is 346 g/mol. The number of hydrogen-bond acceptors (Lipinski definition) is 1. The molecule has 0 saturated carbocycles. The van der Waals surface area contributed by atoms with E-state index in [2.05, 4.69) is 23.7 Å². The number of halogens is 1. The van der Waals surface area contributed by atoms with Crippen LogP contribution in [0.4, 0.5) is 4.39 Å². The molecule has 2 aromatic rings. The van der Waals surface area contributed by atoms with Crippen molar-refractivity contribution in [3.63, 3.8) is 0 Å². The Labute approximate surface area is 155 Å². The van der Waals surface area contributed by atoms with Crippen LogP contribution in [0.2, 0.25) is 0 Å². The highest BCUT2D eigenvalue weighted by molar-refractivity contribution is 5.52. The molecular formula is C24H23FO. The SMILES string of the molecule is CCCC#Cc1ccc(C#Cc2ccc(C=CCOCC)cc2)cc1F. The summed E-state index contributed by atoms with van der Waals surface area (Å²) in [6.45, 7) is 5.35. The Morgan fingerprint density at radius 1 is 0.962 bits per heavy atom. The summed E-state index contributed by atoms with van der Waals surface area (Å²) in [7, 11) is 0. The molecule has 0 bridgehead atoms. The van der Waals surface area contributed by atoms with Crippen LogP contribution in [0.25, 0.3) is 6.08 Å². The van der Waals surface area contributed by atoms with Crippen molar-refractivity contribution in [2.75, 3.05) is 13.2 Å². The minimum atomic E-state index is -0.324. The second kappa shape index (κ2) is 10.9. The zero-order valence-corrected chi connectivity index (χ0v) is 15.3. The van der Waals surface area contributed by atoms with Crippen molar-refractivity contribution < 1.29 is 9.13 Å². The normalized spacial score (nSPS) is 10.1. The van der Waals surface area contributed by atoms with Crippen molar-refractivity contribution in [1.82, 2.24) is 0 Å². The van der Waals surface area contributed by atoms with Gasteiger partial charge >= 0.3 is 0 Å². The highest BCUT2D eigenvalue weighted by Crippen LogP contribution is 2.10. The summed E-state index contributed by atoms with van der Waals surface area (Å²) >= 11 is 0. The van der Waals surface area contributed by atoms with Crippen molar-refractivity contribution >= 4 is 6.08 Å². The Morgan fingerprint density at radius 3 is 2.38 bits per heavy atom. The van der Waals surface area contributed by atoms with E-state index in [1.807, 2.05) is 50.3 Å². The molecule has 0 atom stereocenters. The fourth-order valence-corrected chi connectivity index (χ4v) is 2.17. The van der Waals surface area contributed by atoms with E-state index in [1.54, 1.807) is 12.1 Å². The molecule has 1 nitrogen and oxygen atoms in total. The van der Waals surface area contributed by atoms with Crippen LogP contribution in [-0.4, -0.2) is 13.2 Å². The second-order valence-electron chi connectivity index (χ2n) is 5.68. The molecule has 0 aliphatic rings. The Hall–Kier alpha value is -2.81. The number of unbranched alkanes of at least 4 members (excludes halogenated alkanes) is 1. The minimum absolute atomic E-state index is 0.324. The van der Waals surface area contributed by atoms with Crippen molar-refractivity contribution in [3.05, 3.63) is 76.6 Å². The first kappa shape index (κ1) is 19.5. The van der Waals surface area contributed by atoms with E-state index >= 15 is 0 Å². The standard InChI is InChI=1S/C24H23FO/c1-3-5-6-9-23-17-16-22(19-24(23)25)15-14-21-12-10-20(11-13-21)8-7-18-26-4-2/h7-8,10-13,16-17,19H,3-5,18H2,1-2H3. The Bertz CT molecular complexity index is 855. The van der Waals surface area contributed by atoms with Gasteiger partial charge in [-0.3, -0.25) is 0 Å². The topological polar surface area (TPSA) is 9.23 Å². The fraction of sp³-hybridized carbons (Fsp3) is 0.250. The van der Waals surface area contributed by atoms with Crippen molar-refractivity contribution in [3.8, 4) is 23.7 Å². The maximum absolute atomic E-state index is 14.0. The number of ether oxygens (including phenoxy) is 1. The molecular weight excluding hydrogens is 323 g/mol. The zero-order chi connectivity index (χ0) is 18.6. The smallest absolute Gasteiger partial charge is 0.140 e. The van der Waals surface area contributed by atoms with Gasteiger partial charge in [0, 0.05) is 24.2 Å². The third-order valence-electron chi connectivity index (χ3n) is 3.56. The molecule has 0 heterocycles. The van der Waals surface area contributed by atoms with Gasteiger partial charge in [-0.05, 0) is 49.2 Å². The molecule has 26 heavy (non-hydrogen) atoms. The van der Waals surface area contributed by atoms with Crippen LogP contribution in [0.5, 0.6) is 0 Å². The van der Waals surface area contributed by atoms with Gasteiger partial charge in [0.2, 0.25) is 0 Å². The molecule has 0 spiro atoms. The maximum atomic E-state index is 14.0. The van der Waals surface area contributed by atoms with E-state index in [-0.39, 0.29) is 5.82 Å². The van der Waals surface area contributed by atoms with Gasteiger partial charge in [-0.1, -0.05) is 54.9 Å². The van der Waals surface area contributed by atoms with Gasteiger partial charge in [0.25, 0.3) is 0 Å². The third-order valence-corrected chi connectivity index (χ3v) is 3.56. The second-order valence-corrected chi connectivity index (χ2v) is 5.68. The number of rotatable bonds is 5. The van der Waals surface area contributed by atoms with Gasteiger partial charge in [0.05, 0.1) is 12.2 Å². The van der Waals surface area contributed by atoms with Crippen LogP contribution in [0.3, 0.4) is 0 Å². The summed E-state index contributed by atoms with van der Waals surface area (Å²) in [5.74, 6) is 11.6. The van der Waals surface area contributed by atoms with Gasteiger partial charge < -0.3 is 4.74 Å². The molecule has 2 aromatic carbocycles. The van der Waals surface area contributed by atoms with E-state index in [0.717, 1.165) is 24.0 Å². The first-order valence-corrected chi connectivity index (χ1v) is 8.87. The molecule has 0 saturated heterocycles. The summed E-state index contributed by atoms with van der Waals surface area (Å²) in [6.07, 6.45) is 5.75. The highest BCUT2D eigenvalue weighted by atomic mass is 19.1. The molecule has 0 aromatic heterocycles. The first-order valence-electron chi connectivity index (χ1n) is 8.87. The van der Waals surface area contributed by atoms with Crippen molar-refractivity contribution in [2.24, 2.45) is 0 Å². The summed E-state index contributed by atoms with van der Waals surface area (Å²) in [4.78, 5) is 0. The van der Waals surface area contributed by atoms with E-state index < -0.39 is 0 Å². The molecule has 132 valence electrons. The molecule has 0 radical (unpaired) electrons. The lowest BCUT2D eigenvalue weighted by molar-refractivity contribution is 0.178. The Morgan fingerprint density at radius 2 is 1.69 bits per heavy atom. The first-order chi connectivity index (χ1) is 12.7. The summed E-state index contributed by atoms with van der Waals surface area (Å²) in [5.41, 5.74) is 3.05. The average Bonchev–Trinajstić information content (AvgIpc) is 2.66. The van der Waals surface area contributed by atoms with E-state index in [4.69, 9.17) is 4.74 Å². The third kappa shape index (κ3) is 6.60. The quantitative estimate of drug-likeness (QED) is 0.518. The Balaban J connectivity index is 2.04. The van der Waals surface area contributed by atoms with Gasteiger partial charge in [-0.2, -0.15) is 0 Å². The molecule has 0 aliphatic carbocycles. The Kier molecular flexibility index (Phi) is 8.20. The van der Waals surface area contributed by atoms with Gasteiger partial charge in [0.15, 0.2) is 0 Å². The average molecular weight is 346 g/mol. The highest BCUT2D eigenvalue weighted by Gasteiger charge is 1.99. The van der Waals surface area contributed by atoms with E-state index in [9.17, 15) is 4.39 Å². The largest absolute Gasteiger partial charge is 0.378 e. The van der Waals surface area contributed by atoms with Crippen molar-refractivity contribution in [1.29, 1.82) is 0 Å². The van der Waals surface area contributed by atoms with Gasteiger partial charge in [-0.15, -0.1) is 0 Å². The van der Waals surface area contributed by atoms with Crippen LogP contribution >= 0.6 is 0 Å². The van der Waals surface area contributed by atoms with E-state index in [0.29, 0.717) is 24.3 Å². The lowest BCUT2D eigenvalue weighted by Crippen LogP contribution is -1.87. The predicted molar refractivity (Wildman–Crippen MR) is 106 cm³/mol. The summed E-state index contributed by atoms with van der Waals surface area (Å²) in [5, 5.41) is 0. The molecule has 0 N–H and O–H groups in total. The van der Waals surface area contributed by atoms with Crippen LogP contribution < -0.4 is 0 Å². The van der Waals surface area contributed by atoms with Crippen molar-refractivity contribution in [2.45, 2.75) is 26.7 Å². The summed E-state index contributed by atoms with van der Waals surface area (Å²) < 4.78 is 19.3. The molecule has 2 rings (SSSR count). The zero-order valence-electron chi connectivity index (χ0n) is 15.3. The molecule has 0 aliphatic heterocycles. The number of hydrogen-bond donors (Lipinski definition) is 0. The van der Waals surface area contributed by atoms with Crippen LogP contribution in [0.1, 0.15) is 48.9 Å². The lowest BCUT2D eigenvalue weighted by atomic mass is 10.1.